The summed E-state index contributed by atoms with van der Waals surface area (Å²) in [6.45, 7) is 3.12. The number of aliphatic imine (C=N–C) groups is 1. The van der Waals surface area contributed by atoms with E-state index in [1.165, 1.54) is 29.7 Å². The minimum absolute atomic E-state index is 0.482. The summed E-state index contributed by atoms with van der Waals surface area (Å²) >= 11 is 0. The second-order valence-electron chi connectivity index (χ2n) is 5.15. The fourth-order valence-electron chi connectivity index (χ4n) is 3.04. The minimum atomic E-state index is 0.482. The zero-order valence-corrected chi connectivity index (χ0v) is 10.6. The average Bonchev–Trinajstić information content (AvgIpc) is 2.90. The molecule has 90 valence electrons. The van der Waals surface area contributed by atoms with E-state index in [-0.39, 0.29) is 0 Å². The van der Waals surface area contributed by atoms with Gasteiger partial charge in [-0.05, 0) is 42.0 Å². The van der Waals surface area contributed by atoms with Crippen molar-refractivity contribution in [3.63, 3.8) is 0 Å². The number of benzene rings is 1. The largest absolute Gasteiger partial charge is 0.285 e. The maximum Gasteiger partial charge on any atom is 0.0991 e. The molecule has 2 atom stereocenters. The monoisotopic (exact) mass is 236 g/mol. The first-order valence-corrected chi connectivity index (χ1v) is 6.54. The average molecular weight is 236 g/mol. The Balaban J connectivity index is 1.93. The lowest BCUT2D eigenvalue weighted by Crippen LogP contribution is -2.23. The Morgan fingerprint density at radius 2 is 2.00 bits per heavy atom. The molecule has 18 heavy (non-hydrogen) atoms. The summed E-state index contributed by atoms with van der Waals surface area (Å²) in [4.78, 5) is 4.62. The number of rotatable bonds is 1. The van der Waals surface area contributed by atoms with Crippen molar-refractivity contribution in [3.8, 4) is 6.07 Å². The third kappa shape index (κ3) is 1.76. The topological polar surface area (TPSA) is 36.1 Å². The van der Waals surface area contributed by atoms with Gasteiger partial charge in [-0.3, -0.25) is 4.99 Å². The van der Waals surface area contributed by atoms with Gasteiger partial charge in [0.25, 0.3) is 0 Å². The van der Waals surface area contributed by atoms with Crippen LogP contribution in [0.4, 0.5) is 0 Å². The number of hydrogen-bond donors (Lipinski definition) is 0. The second-order valence-corrected chi connectivity index (χ2v) is 5.15. The number of hydrogen-bond acceptors (Lipinski definition) is 2. The highest BCUT2D eigenvalue weighted by Gasteiger charge is 2.31. The van der Waals surface area contributed by atoms with Crippen LogP contribution in [0.1, 0.15) is 36.8 Å². The Bertz CT molecular complexity index is 558. The molecule has 1 aliphatic heterocycles. The van der Waals surface area contributed by atoms with Crippen molar-refractivity contribution in [1.82, 2.24) is 0 Å². The quantitative estimate of drug-likeness (QED) is 0.735. The molecule has 1 aliphatic carbocycles. The van der Waals surface area contributed by atoms with Crippen LogP contribution in [0.2, 0.25) is 0 Å². The van der Waals surface area contributed by atoms with Gasteiger partial charge in [0, 0.05) is 11.6 Å². The summed E-state index contributed by atoms with van der Waals surface area (Å²) in [6, 6.07) is 10.2. The van der Waals surface area contributed by atoms with Crippen LogP contribution < -0.4 is 0 Å². The van der Waals surface area contributed by atoms with E-state index < -0.39 is 0 Å². The van der Waals surface area contributed by atoms with Crippen molar-refractivity contribution < 1.29 is 0 Å². The zero-order valence-electron chi connectivity index (χ0n) is 10.6. The van der Waals surface area contributed by atoms with Crippen LogP contribution in [-0.2, 0) is 0 Å². The SMILES string of the molecule is CC1CCC(c2ccc(C#N)cc2)C2=CCN=C21. The Labute approximate surface area is 108 Å². The lowest BCUT2D eigenvalue weighted by molar-refractivity contribution is 0.560. The molecule has 0 saturated heterocycles. The summed E-state index contributed by atoms with van der Waals surface area (Å²) in [5.41, 5.74) is 4.80. The van der Waals surface area contributed by atoms with Crippen LogP contribution in [-0.4, -0.2) is 12.3 Å². The van der Waals surface area contributed by atoms with Crippen molar-refractivity contribution in [2.75, 3.05) is 6.54 Å². The fourth-order valence-corrected chi connectivity index (χ4v) is 3.04. The first-order chi connectivity index (χ1) is 8.79. The Hall–Kier alpha value is -1.88. The number of fused-ring (bicyclic) bond motifs is 1. The maximum atomic E-state index is 8.84. The smallest absolute Gasteiger partial charge is 0.0991 e. The molecule has 3 rings (SSSR count). The highest BCUT2D eigenvalue weighted by atomic mass is 14.8. The van der Waals surface area contributed by atoms with Crippen molar-refractivity contribution in [1.29, 1.82) is 5.26 Å². The molecule has 1 aromatic rings. The van der Waals surface area contributed by atoms with Gasteiger partial charge >= 0.3 is 0 Å². The summed E-state index contributed by atoms with van der Waals surface area (Å²) in [5, 5.41) is 8.84. The van der Waals surface area contributed by atoms with Crippen LogP contribution in [0.5, 0.6) is 0 Å². The van der Waals surface area contributed by atoms with Gasteiger partial charge in [-0.2, -0.15) is 5.26 Å². The van der Waals surface area contributed by atoms with Crippen molar-refractivity contribution >= 4 is 5.71 Å². The lowest BCUT2D eigenvalue weighted by atomic mass is 9.75. The second kappa shape index (κ2) is 4.42. The van der Waals surface area contributed by atoms with Gasteiger partial charge in [0.05, 0.1) is 18.2 Å². The predicted octanol–water partition coefficient (Wildman–Crippen LogP) is 3.45. The molecule has 1 saturated carbocycles. The first-order valence-electron chi connectivity index (χ1n) is 6.54. The van der Waals surface area contributed by atoms with Crippen molar-refractivity contribution in [2.45, 2.75) is 25.7 Å². The van der Waals surface area contributed by atoms with Crippen molar-refractivity contribution in [3.05, 3.63) is 47.0 Å². The third-order valence-electron chi connectivity index (χ3n) is 4.04. The van der Waals surface area contributed by atoms with Gasteiger partial charge in [-0.25, -0.2) is 0 Å². The summed E-state index contributed by atoms with van der Waals surface area (Å²) in [6.07, 6.45) is 4.67. The van der Waals surface area contributed by atoms with Crippen molar-refractivity contribution in [2.24, 2.45) is 10.9 Å². The third-order valence-corrected chi connectivity index (χ3v) is 4.04. The van der Waals surface area contributed by atoms with Crippen LogP contribution in [0, 0.1) is 17.2 Å². The van der Waals surface area contributed by atoms with Gasteiger partial charge in [-0.1, -0.05) is 25.1 Å². The van der Waals surface area contributed by atoms with Gasteiger partial charge in [0.15, 0.2) is 0 Å². The number of nitrogens with zero attached hydrogens (tertiary/aromatic N) is 2. The molecule has 0 N–H and O–H groups in total. The number of allylic oxidation sites excluding steroid dienone is 1. The van der Waals surface area contributed by atoms with Crippen LogP contribution >= 0.6 is 0 Å². The van der Waals surface area contributed by atoms with Crippen LogP contribution in [0.25, 0.3) is 0 Å². The van der Waals surface area contributed by atoms with E-state index in [2.05, 4.69) is 36.2 Å². The van der Waals surface area contributed by atoms with Gasteiger partial charge in [-0.15, -0.1) is 0 Å². The molecule has 1 fully saturated rings. The van der Waals surface area contributed by atoms with E-state index in [0.29, 0.717) is 11.8 Å². The molecule has 0 spiro atoms. The normalized spacial score (nSPS) is 26.0. The van der Waals surface area contributed by atoms with Crippen LogP contribution in [0.3, 0.4) is 0 Å². The zero-order chi connectivity index (χ0) is 12.5. The van der Waals surface area contributed by atoms with Gasteiger partial charge in [0.2, 0.25) is 0 Å². The standard InChI is InChI=1S/C16H16N2/c1-11-2-7-14(15-8-9-18-16(11)15)13-5-3-12(10-17)4-6-13/h3-6,8,11,14H,2,7,9H2,1H3. The molecule has 1 aromatic carbocycles. The van der Waals surface area contributed by atoms with E-state index in [0.717, 1.165) is 12.1 Å². The van der Waals surface area contributed by atoms with Crippen LogP contribution in [0.15, 0.2) is 40.9 Å². The molecule has 0 aromatic heterocycles. The van der Waals surface area contributed by atoms with Gasteiger partial charge in [0.1, 0.15) is 0 Å². The molecule has 2 aliphatic rings. The Morgan fingerprint density at radius 3 is 2.72 bits per heavy atom. The molecule has 2 unspecified atom stereocenters. The maximum absolute atomic E-state index is 8.84. The van der Waals surface area contributed by atoms with E-state index in [9.17, 15) is 0 Å². The van der Waals surface area contributed by atoms with E-state index in [1.54, 1.807) is 0 Å². The molecule has 2 nitrogen and oxygen atoms in total. The van der Waals surface area contributed by atoms with E-state index >= 15 is 0 Å². The lowest BCUT2D eigenvalue weighted by Gasteiger charge is -2.29. The minimum Gasteiger partial charge on any atom is -0.285 e. The molecular formula is C16H16N2. The Kier molecular flexibility index (Phi) is 2.76. The van der Waals surface area contributed by atoms with E-state index in [4.69, 9.17) is 5.26 Å². The highest BCUT2D eigenvalue weighted by molar-refractivity contribution is 6.05. The molecule has 0 bridgehead atoms. The molecule has 0 radical (unpaired) electrons. The summed E-state index contributed by atoms with van der Waals surface area (Å²) in [7, 11) is 0. The highest BCUT2D eigenvalue weighted by Crippen LogP contribution is 2.40. The molecular weight excluding hydrogens is 220 g/mol. The van der Waals surface area contributed by atoms with Gasteiger partial charge < -0.3 is 0 Å². The molecule has 1 heterocycles. The first kappa shape index (κ1) is 11.2. The predicted molar refractivity (Wildman–Crippen MR) is 72.7 cm³/mol. The summed E-state index contributed by atoms with van der Waals surface area (Å²) in [5.74, 6) is 1.09. The molecule has 0 amide bonds. The Morgan fingerprint density at radius 1 is 1.22 bits per heavy atom. The molecule has 2 heteroatoms. The number of nitriles is 1. The van der Waals surface area contributed by atoms with E-state index in [1.807, 2.05) is 12.1 Å². The fraction of sp³-hybridized carbons (Fsp3) is 0.375. The summed E-state index contributed by atoms with van der Waals surface area (Å²) < 4.78 is 0.